The predicted octanol–water partition coefficient (Wildman–Crippen LogP) is 25.7. The van der Waals surface area contributed by atoms with Crippen LogP contribution in [-0.2, 0) is 14.3 Å². The molecule has 0 aliphatic rings. The van der Waals surface area contributed by atoms with Crippen LogP contribution in [0.2, 0.25) is 0 Å². The number of carbonyl (C=O) groups excluding carboxylic acids is 2. The molecule has 85 heavy (non-hydrogen) atoms. The Morgan fingerprint density at radius 2 is 0.588 bits per heavy atom. The number of aliphatic hydroxyl groups is 2. The van der Waals surface area contributed by atoms with E-state index in [0.29, 0.717) is 25.9 Å². The summed E-state index contributed by atoms with van der Waals surface area (Å²) in [6, 6.07) is -0.544. The summed E-state index contributed by atoms with van der Waals surface area (Å²) in [4.78, 5) is 24.7. The Morgan fingerprint density at radius 1 is 0.329 bits per heavy atom. The minimum Gasteiger partial charge on any atom is -0.466 e. The van der Waals surface area contributed by atoms with Gasteiger partial charge in [-0.3, -0.25) is 9.59 Å². The highest BCUT2D eigenvalue weighted by Crippen LogP contribution is 2.20. The Labute approximate surface area is 532 Å². The summed E-state index contributed by atoms with van der Waals surface area (Å²) in [5.74, 6) is -0.0140. The maximum Gasteiger partial charge on any atom is 0.305 e. The van der Waals surface area contributed by atoms with Crippen LogP contribution in [0.3, 0.4) is 0 Å². The van der Waals surface area contributed by atoms with Crippen LogP contribution in [-0.4, -0.2) is 47.4 Å². The fourth-order valence-electron chi connectivity index (χ4n) is 12.6. The molecule has 0 aromatic rings. The first-order chi connectivity index (χ1) is 42.0. The maximum atomic E-state index is 12.6. The van der Waals surface area contributed by atoms with Crippen molar-refractivity contribution >= 4 is 11.9 Å². The fourth-order valence-corrected chi connectivity index (χ4v) is 12.6. The monoisotopic (exact) mass is 1200 g/mol. The number of esters is 1. The normalized spacial score (nSPS) is 12.6. The van der Waals surface area contributed by atoms with Crippen LogP contribution in [0, 0.1) is 0 Å². The van der Waals surface area contributed by atoms with Gasteiger partial charge >= 0.3 is 5.97 Å². The van der Waals surface area contributed by atoms with Gasteiger partial charge in [-0.15, -0.1) is 0 Å². The first-order valence-electron chi connectivity index (χ1n) is 39.1. The van der Waals surface area contributed by atoms with E-state index in [-0.39, 0.29) is 18.5 Å². The minimum atomic E-state index is -0.666. The van der Waals surface area contributed by atoms with Gasteiger partial charge < -0.3 is 20.3 Å². The molecule has 6 nitrogen and oxygen atoms in total. The highest BCUT2D eigenvalue weighted by Gasteiger charge is 2.20. The molecule has 0 aliphatic heterocycles. The lowest BCUT2D eigenvalue weighted by Crippen LogP contribution is -2.45. The SMILES string of the molecule is CCCCCCCCCCCCCCCCCCCCCCCCCC(O)C(CO)NC(=O)CCCCCCCCCCCCCCC/C=C\C/C=C\CCCCCCCCCCCOC(=O)CCCCCCCCCCCCCCCCCC. The Kier molecular flexibility index (Phi) is 73.3. The molecular weight excluding hydrogens is 1040 g/mol. The van der Waals surface area contributed by atoms with E-state index in [1.54, 1.807) is 0 Å². The second-order valence-electron chi connectivity index (χ2n) is 27.0. The molecule has 0 heterocycles. The summed E-state index contributed by atoms with van der Waals surface area (Å²) in [7, 11) is 0. The molecule has 2 unspecified atom stereocenters. The largest absolute Gasteiger partial charge is 0.466 e. The lowest BCUT2D eigenvalue weighted by Gasteiger charge is -2.22. The Hall–Kier alpha value is -1.66. The van der Waals surface area contributed by atoms with Crippen molar-refractivity contribution in [2.75, 3.05) is 13.2 Å². The molecule has 504 valence electrons. The smallest absolute Gasteiger partial charge is 0.305 e. The molecule has 0 rings (SSSR count). The van der Waals surface area contributed by atoms with Gasteiger partial charge in [-0.1, -0.05) is 398 Å². The van der Waals surface area contributed by atoms with Crippen molar-refractivity contribution < 1.29 is 24.5 Å². The van der Waals surface area contributed by atoms with Gasteiger partial charge in [0.05, 0.1) is 25.4 Å². The summed E-state index contributed by atoms with van der Waals surface area (Å²) >= 11 is 0. The van der Waals surface area contributed by atoms with Crippen molar-refractivity contribution in [2.24, 2.45) is 0 Å². The molecule has 0 fully saturated rings. The zero-order valence-corrected chi connectivity index (χ0v) is 57.9. The molecule has 3 N–H and O–H groups in total. The van der Waals surface area contributed by atoms with Crippen molar-refractivity contribution in [1.29, 1.82) is 0 Å². The molecule has 6 heteroatoms. The highest BCUT2D eigenvalue weighted by atomic mass is 16.5. The molecule has 0 bridgehead atoms. The van der Waals surface area contributed by atoms with E-state index in [0.717, 1.165) is 44.9 Å². The van der Waals surface area contributed by atoms with E-state index >= 15 is 0 Å². The number of hydrogen-bond acceptors (Lipinski definition) is 5. The van der Waals surface area contributed by atoms with Crippen LogP contribution in [0.5, 0.6) is 0 Å². The summed E-state index contributed by atoms with van der Waals surface area (Å²) in [6.45, 7) is 5.00. The van der Waals surface area contributed by atoms with E-state index in [4.69, 9.17) is 4.74 Å². The lowest BCUT2D eigenvalue weighted by molar-refractivity contribution is -0.143. The van der Waals surface area contributed by atoms with E-state index in [2.05, 4.69) is 43.5 Å². The number of rotatable bonds is 74. The third-order valence-corrected chi connectivity index (χ3v) is 18.5. The Balaban J connectivity index is 3.39. The number of aliphatic hydroxyl groups excluding tert-OH is 2. The molecule has 2 atom stereocenters. The minimum absolute atomic E-state index is 0.0166. The van der Waals surface area contributed by atoms with E-state index in [1.807, 2.05) is 0 Å². The maximum absolute atomic E-state index is 12.6. The van der Waals surface area contributed by atoms with Crippen LogP contribution in [0.15, 0.2) is 24.3 Å². The molecule has 0 spiro atoms. The quantitative estimate of drug-likeness (QED) is 0.0320. The fraction of sp³-hybridized carbons (Fsp3) is 0.924. The molecule has 0 aliphatic carbocycles. The van der Waals surface area contributed by atoms with Crippen LogP contribution < -0.4 is 5.32 Å². The molecule has 0 aromatic carbocycles. The van der Waals surface area contributed by atoms with Gasteiger partial charge in [-0.2, -0.15) is 0 Å². The van der Waals surface area contributed by atoms with Crippen molar-refractivity contribution in [3.8, 4) is 0 Å². The standard InChI is InChI=1S/C79H153NO5/c1-3-5-7-9-11-13-15-17-19-21-22-23-31-34-37-40-43-47-51-55-59-63-67-71-77(82)76(75-81)80-78(83)72-68-64-60-56-52-48-44-41-38-35-32-29-27-25-24-26-28-30-33-36-39-42-46-50-54-58-62-66-70-74-85-79(84)73-69-65-61-57-53-49-45-20-18-16-14-12-10-8-6-4-2/h24,26,30,33,76-77,81-82H,3-23,25,27-29,31-32,34-75H2,1-2H3,(H,80,83)/b26-24-,33-30-. The average Bonchev–Trinajstić information content (AvgIpc) is 3.51. The van der Waals surface area contributed by atoms with Crippen molar-refractivity contribution in [2.45, 2.75) is 456 Å². The van der Waals surface area contributed by atoms with Gasteiger partial charge in [-0.05, 0) is 57.8 Å². The second kappa shape index (κ2) is 74.8. The van der Waals surface area contributed by atoms with Gasteiger partial charge in [0.15, 0.2) is 0 Å². The van der Waals surface area contributed by atoms with Gasteiger partial charge in [-0.25, -0.2) is 0 Å². The van der Waals surface area contributed by atoms with Crippen LogP contribution >= 0.6 is 0 Å². The van der Waals surface area contributed by atoms with Gasteiger partial charge in [0.25, 0.3) is 0 Å². The van der Waals surface area contributed by atoms with Gasteiger partial charge in [0.2, 0.25) is 5.91 Å². The first-order valence-corrected chi connectivity index (χ1v) is 39.1. The zero-order chi connectivity index (χ0) is 61.3. The van der Waals surface area contributed by atoms with E-state index < -0.39 is 12.1 Å². The average molecular weight is 1200 g/mol. The van der Waals surface area contributed by atoms with Crippen molar-refractivity contribution in [3.63, 3.8) is 0 Å². The third kappa shape index (κ3) is 71.3. The number of carbonyl (C=O) groups is 2. The van der Waals surface area contributed by atoms with Crippen LogP contribution in [0.25, 0.3) is 0 Å². The number of amides is 1. The molecule has 0 saturated carbocycles. The number of hydrogen-bond donors (Lipinski definition) is 3. The van der Waals surface area contributed by atoms with Crippen LogP contribution in [0.4, 0.5) is 0 Å². The van der Waals surface area contributed by atoms with Gasteiger partial charge in [0, 0.05) is 12.8 Å². The second-order valence-corrected chi connectivity index (χ2v) is 27.0. The summed E-state index contributed by atoms with van der Waals surface area (Å²) in [5, 5.41) is 23.5. The number of unbranched alkanes of at least 4 members (excludes halogenated alkanes) is 59. The van der Waals surface area contributed by atoms with Crippen LogP contribution in [0.1, 0.15) is 444 Å². The van der Waals surface area contributed by atoms with E-state index in [9.17, 15) is 19.8 Å². The van der Waals surface area contributed by atoms with E-state index in [1.165, 1.54) is 366 Å². The summed E-state index contributed by atoms with van der Waals surface area (Å²) < 4.78 is 5.50. The van der Waals surface area contributed by atoms with Crippen molar-refractivity contribution in [1.82, 2.24) is 5.32 Å². The predicted molar refractivity (Wildman–Crippen MR) is 375 cm³/mol. The van der Waals surface area contributed by atoms with Gasteiger partial charge in [0.1, 0.15) is 0 Å². The molecule has 0 radical (unpaired) electrons. The number of ether oxygens (including phenoxy) is 1. The lowest BCUT2D eigenvalue weighted by atomic mass is 10.0. The number of nitrogens with one attached hydrogen (secondary N) is 1. The topological polar surface area (TPSA) is 95.9 Å². The summed E-state index contributed by atoms with van der Waals surface area (Å²) in [6.07, 6.45) is 95.4. The zero-order valence-electron chi connectivity index (χ0n) is 57.9. The summed E-state index contributed by atoms with van der Waals surface area (Å²) in [5.41, 5.74) is 0. The Bertz CT molecular complexity index is 1330. The molecule has 1 amide bonds. The first kappa shape index (κ1) is 83.3. The number of allylic oxidation sites excluding steroid dienone is 4. The third-order valence-electron chi connectivity index (χ3n) is 18.5. The van der Waals surface area contributed by atoms with Crippen molar-refractivity contribution in [3.05, 3.63) is 24.3 Å². The molecule has 0 aromatic heterocycles. The highest BCUT2D eigenvalue weighted by molar-refractivity contribution is 5.76. The Morgan fingerprint density at radius 3 is 0.894 bits per heavy atom. The molecule has 0 saturated heterocycles. The molecular formula is C79H153NO5.